The van der Waals surface area contributed by atoms with Crippen LogP contribution in [0.3, 0.4) is 0 Å². The minimum Gasteiger partial charge on any atom is -0.496 e. The van der Waals surface area contributed by atoms with Gasteiger partial charge in [0.05, 0.1) is 17.7 Å². The lowest BCUT2D eigenvalue weighted by Crippen LogP contribution is -2.16. The highest BCUT2D eigenvalue weighted by atomic mass is 32.2. The molecule has 0 saturated heterocycles. The first-order chi connectivity index (χ1) is 12.8. The summed E-state index contributed by atoms with van der Waals surface area (Å²) in [6, 6.07) is 9.05. The van der Waals surface area contributed by atoms with E-state index in [9.17, 15) is 18.5 Å². The van der Waals surface area contributed by atoms with E-state index in [-0.39, 0.29) is 16.3 Å². The van der Waals surface area contributed by atoms with Gasteiger partial charge in [-0.05, 0) is 30.2 Å². The molecule has 9 nitrogen and oxygen atoms in total. The molecule has 0 saturated carbocycles. The van der Waals surface area contributed by atoms with Crippen molar-refractivity contribution in [1.29, 1.82) is 0 Å². The zero-order valence-corrected chi connectivity index (χ0v) is 15.2. The van der Waals surface area contributed by atoms with Gasteiger partial charge in [-0.15, -0.1) is 0 Å². The molecule has 0 spiro atoms. The van der Waals surface area contributed by atoms with Crippen molar-refractivity contribution >= 4 is 32.3 Å². The molecule has 1 aromatic heterocycles. The number of H-pyrrole nitrogens is 1. The van der Waals surface area contributed by atoms with Gasteiger partial charge in [-0.25, -0.2) is 13.6 Å². The number of nitro benzene ring substituents is 1. The van der Waals surface area contributed by atoms with Gasteiger partial charge in [0.15, 0.2) is 0 Å². The predicted molar refractivity (Wildman–Crippen MR) is 102 cm³/mol. The lowest BCUT2D eigenvalue weighted by atomic mass is 10.1. The first-order valence-corrected chi connectivity index (χ1v) is 9.54. The molecule has 1 heterocycles. The third-order valence-corrected chi connectivity index (χ3v) is 5.13. The van der Waals surface area contributed by atoms with Crippen molar-refractivity contribution in [1.82, 2.24) is 4.98 Å². The number of hydrogen-bond acceptors (Lipinski definition) is 6. The Kier molecular flexibility index (Phi) is 5.02. The van der Waals surface area contributed by atoms with Gasteiger partial charge in [0, 0.05) is 35.8 Å². The number of primary sulfonamides is 1. The van der Waals surface area contributed by atoms with Gasteiger partial charge in [-0.2, -0.15) is 0 Å². The molecule has 3 rings (SSSR count). The van der Waals surface area contributed by atoms with E-state index < -0.39 is 14.9 Å². The fourth-order valence-electron chi connectivity index (χ4n) is 2.94. The zero-order chi connectivity index (χ0) is 19.6. The van der Waals surface area contributed by atoms with Gasteiger partial charge in [-0.1, -0.05) is 6.07 Å². The van der Waals surface area contributed by atoms with E-state index >= 15 is 0 Å². The number of non-ortho nitro benzene ring substituents is 1. The first kappa shape index (κ1) is 18.7. The largest absolute Gasteiger partial charge is 0.496 e. The number of rotatable bonds is 7. The summed E-state index contributed by atoms with van der Waals surface area (Å²) in [4.78, 5) is 13.3. The van der Waals surface area contributed by atoms with E-state index in [1.54, 1.807) is 7.11 Å². The fraction of sp³-hybridized carbons (Fsp3) is 0.176. The average molecular weight is 390 g/mol. The Labute approximate surface area is 155 Å². The van der Waals surface area contributed by atoms with Crippen molar-refractivity contribution in [3.05, 3.63) is 58.3 Å². The number of nitrogens with two attached hydrogens (primary N) is 1. The van der Waals surface area contributed by atoms with Crippen molar-refractivity contribution in [3.63, 3.8) is 0 Å². The van der Waals surface area contributed by atoms with Crippen molar-refractivity contribution in [3.8, 4) is 5.75 Å². The van der Waals surface area contributed by atoms with Gasteiger partial charge < -0.3 is 15.0 Å². The third-order valence-electron chi connectivity index (χ3n) is 4.16. The Morgan fingerprint density at radius 2 is 2.07 bits per heavy atom. The third kappa shape index (κ3) is 3.86. The predicted octanol–water partition coefficient (Wildman–Crippen LogP) is 2.39. The number of nitrogens with zero attached hydrogens (tertiary/aromatic N) is 1. The Morgan fingerprint density at radius 1 is 1.30 bits per heavy atom. The molecule has 0 radical (unpaired) electrons. The van der Waals surface area contributed by atoms with Crippen LogP contribution in [0.5, 0.6) is 5.75 Å². The average Bonchev–Trinajstić information content (AvgIpc) is 3.04. The Bertz CT molecular complexity index is 1110. The summed E-state index contributed by atoms with van der Waals surface area (Å²) in [7, 11) is -2.43. The van der Waals surface area contributed by atoms with Crippen molar-refractivity contribution in [2.75, 3.05) is 19.0 Å². The molecule has 10 heteroatoms. The lowest BCUT2D eigenvalue weighted by Gasteiger charge is -2.11. The number of aromatic nitrogens is 1. The molecule has 0 fully saturated rings. The SMILES string of the molecule is COc1cccc2[nH]cc(CCNc3cc([N+](=O)[O-])ccc3S(N)(=O)=O)c12. The van der Waals surface area contributed by atoms with Gasteiger partial charge in [0.2, 0.25) is 10.0 Å². The van der Waals surface area contributed by atoms with E-state index in [4.69, 9.17) is 9.88 Å². The molecule has 0 aliphatic rings. The Hall–Kier alpha value is -3.11. The molecule has 0 atom stereocenters. The van der Waals surface area contributed by atoms with Crippen molar-refractivity contribution in [2.24, 2.45) is 5.14 Å². The van der Waals surface area contributed by atoms with Crippen molar-refractivity contribution in [2.45, 2.75) is 11.3 Å². The summed E-state index contributed by atoms with van der Waals surface area (Å²) < 4.78 is 28.8. The van der Waals surface area contributed by atoms with Crippen LogP contribution >= 0.6 is 0 Å². The topological polar surface area (TPSA) is 140 Å². The van der Waals surface area contributed by atoms with Crippen LogP contribution in [-0.2, 0) is 16.4 Å². The highest BCUT2D eigenvalue weighted by Crippen LogP contribution is 2.29. The van der Waals surface area contributed by atoms with Gasteiger partial charge in [0.25, 0.3) is 5.69 Å². The van der Waals surface area contributed by atoms with Crippen LogP contribution in [0.1, 0.15) is 5.56 Å². The maximum atomic E-state index is 11.7. The zero-order valence-electron chi connectivity index (χ0n) is 14.4. The highest BCUT2D eigenvalue weighted by Gasteiger charge is 2.18. The second-order valence-corrected chi connectivity index (χ2v) is 7.39. The molecule has 142 valence electrons. The number of aromatic amines is 1. The van der Waals surface area contributed by atoms with Crippen LogP contribution < -0.4 is 15.2 Å². The van der Waals surface area contributed by atoms with Crippen molar-refractivity contribution < 1.29 is 18.1 Å². The van der Waals surface area contributed by atoms with E-state index in [2.05, 4.69) is 10.3 Å². The Balaban J connectivity index is 1.85. The summed E-state index contributed by atoms with van der Waals surface area (Å²) in [6.07, 6.45) is 2.38. The molecule has 3 aromatic rings. The monoisotopic (exact) mass is 390 g/mol. The second-order valence-electron chi connectivity index (χ2n) is 5.86. The number of hydrogen-bond donors (Lipinski definition) is 3. The van der Waals surface area contributed by atoms with Crippen LogP contribution in [0.2, 0.25) is 0 Å². The second kappa shape index (κ2) is 7.25. The number of fused-ring (bicyclic) bond motifs is 1. The maximum Gasteiger partial charge on any atom is 0.271 e. The van der Waals surface area contributed by atoms with Crippen LogP contribution in [0.4, 0.5) is 11.4 Å². The summed E-state index contributed by atoms with van der Waals surface area (Å²) in [5, 5.41) is 20.0. The molecule has 2 aromatic carbocycles. The molecule has 0 bridgehead atoms. The quantitative estimate of drug-likeness (QED) is 0.418. The van der Waals surface area contributed by atoms with E-state index in [0.717, 1.165) is 40.4 Å². The minimum atomic E-state index is -4.02. The molecule has 0 aliphatic carbocycles. The van der Waals surface area contributed by atoms with Crippen LogP contribution in [-0.4, -0.2) is 32.0 Å². The summed E-state index contributed by atoms with van der Waals surface area (Å²) in [5.41, 5.74) is 1.76. The first-order valence-electron chi connectivity index (χ1n) is 7.99. The molecule has 0 unspecified atom stereocenters. The fourth-order valence-corrected chi connectivity index (χ4v) is 3.63. The van der Waals surface area contributed by atoms with Gasteiger partial charge in [-0.3, -0.25) is 10.1 Å². The number of sulfonamides is 1. The summed E-state index contributed by atoms with van der Waals surface area (Å²) in [6.45, 7) is 0.342. The number of benzene rings is 2. The molecule has 27 heavy (non-hydrogen) atoms. The van der Waals surface area contributed by atoms with E-state index in [0.29, 0.717) is 13.0 Å². The molecule has 4 N–H and O–H groups in total. The van der Waals surface area contributed by atoms with Gasteiger partial charge in [0.1, 0.15) is 10.6 Å². The number of nitrogens with one attached hydrogen (secondary N) is 2. The number of nitro groups is 1. The Morgan fingerprint density at radius 3 is 2.74 bits per heavy atom. The number of ether oxygens (including phenoxy) is 1. The minimum absolute atomic E-state index is 0.0958. The lowest BCUT2D eigenvalue weighted by molar-refractivity contribution is -0.384. The normalized spacial score (nSPS) is 11.5. The molecule has 0 aliphatic heterocycles. The smallest absolute Gasteiger partial charge is 0.271 e. The van der Waals surface area contributed by atoms with Crippen LogP contribution in [0.25, 0.3) is 10.9 Å². The number of methoxy groups -OCH3 is 1. The summed E-state index contributed by atoms with van der Waals surface area (Å²) >= 11 is 0. The highest BCUT2D eigenvalue weighted by molar-refractivity contribution is 7.89. The van der Waals surface area contributed by atoms with E-state index in [1.165, 1.54) is 0 Å². The van der Waals surface area contributed by atoms with Crippen LogP contribution in [0.15, 0.2) is 47.5 Å². The standard InChI is InChI=1S/C17H18N4O5S/c1-26-15-4-2-3-13-17(15)11(10-20-13)7-8-19-14-9-12(21(22)23)5-6-16(14)27(18,24)25/h2-6,9-10,19-20H,7-8H2,1H3,(H2,18,24,25). The molecule has 0 amide bonds. The van der Waals surface area contributed by atoms with Crippen LogP contribution in [0, 0.1) is 10.1 Å². The maximum absolute atomic E-state index is 11.7. The molecular formula is C17H18N4O5S. The molecular weight excluding hydrogens is 372 g/mol. The summed E-state index contributed by atoms with van der Waals surface area (Å²) in [5.74, 6) is 0.726. The van der Waals surface area contributed by atoms with Gasteiger partial charge >= 0.3 is 0 Å². The van der Waals surface area contributed by atoms with E-state index in [1.807, 2.05) is 24.4 Å². The number of anilines is 1.